The second-order valence-electron chi connectivity index (χ2n) is 8.79. The Kier molecular flexibility index (Phi) is 6.02. The van der Waals surface area contributed by atoms with Crippen LogP contribution >= 0.6 is 43.5 Å². The van der Waals surface area contributed by atoms with Gasteiger partial charge < -0.3 is 0 Å². The number of fused-ring (bicyclic) bond motifs is 5. The Hall–Kier alpha value is -2.30. The van der Waals surface area contributed by atoms with Gasteiger partial charge in [0.1, 0.15) is 0 Å². The molecule has 2 aliphatic carbocycles. The zero-order chi connectivity index (χ0) is 24.3. The van der Waals surface area contributed by atoms with Crippen LogP contribution < -0.4 is 0 Å². The molecule has 1 heterocycles. The third-order valence-corrected chi connectivity index (χ3v) is 10.5. The average molecular weight is 612 g/mol. The van der Waals surface area contributed by atoms with Crippen molar-refractivity contribution >= 4 is 66.9 Å². The number of carbonyl (C=O) groups excluding carboxylic acids is 3. The van der Waals surface area contributed by atoms with Gasteiger partial charge in [-0.15, -0.1) is 0 Å². The van der Waals surface area contributed by atoms with Gasteiger partial charge >= 0.3 is 0 Å². The number of non-ortho nitro benzene ring substituents is 1. The molecule has 0 radical (unpaired) electrons. The summed E-state index contributed by atoms with van der Waals surface area (Å²) in [6, 6.07) is 11.9. The van der Waals surface area contributed by atoms with E-state index in [4.69, 9.17) is 11.6 Å². The van der Waals surface area contributed by atoms with Crippen molar-refractivity contribution in [2.75, 3.05) is 0 Å². The smallest absolute Gasteiger partial charge is 0.272 e. The Balaban J connectivity index is 1.51. The van der Waals surface area contributed by atoms with E-state index in [1.54, 1.807) is 12.1 Å². The van der Waals surface area contributed by atoms with Crippen LogP contribution in [0.2, 0.25) is 5.02 Å². The molecule has 176 valence electrons. The highest BCUT2D eigenvalue weighted by atomic mass is 79.9. The molecular formula is C23H18Br2ClN3O5. The fourth-order valence-corrected chi connectivity index (χ4v) is 7.44. The fourth-order valence-electron chi connectivity index (χ4n) is 5.44. The summed E-state index contributed by atoms with van der Waals surface area (Å²) in [5.41, 5.74) is 0.722. The van der Waals surface area contributed by atoms with E-state index in [2.05, 4.69) is 31.9 Å². The molecule has 3 fully saturated rings. The van der Waals surface area contributed by atoms with Crippen LogP contribution in [-0.4, -0.2) is 42.3 Å². The summed E-state index contributed by atoms with van der Waals surface area (Å²) in [6.45, 7) is -0.0960. The summed E-state index contributed by atoms with van der Waals surface area (Å²) < 4.78 is 0. The Labute approximate surface area is 216 Å². The molecule has 8 nitrogen and oxygen atoms in total. The van der Waals surface area contributed by atoms with Crippen LogP contribution in [0, 0.1) is 33.8 Å². The number of hydrogen-bond donors (Lipinski definition) is 0. The first-order chi connectivity index (χ1) is 16.2. The second-order valence-corrected chi connectivity index (χ2v) is 11.3. The Morgan fingerprint density at radius 1 is 1.00 bits per heavy atom. The molecule has 2 bridgehead atoms. The maximum Gasteiger partial charge on any atom is 0.273 e. The van der Waals surface area contributed by atoms with Crippen LogP contribution in [0.3, 0.4) is 0 Å². The molecule has 3 aliphatic rings. The van der Waals surface area contributed by atoms with Crippen LogP contribution in [0.15, 0.2) is 48.5 Å². The maximum absolute atomic E-state index is 13.6. The predicted octanol–water partition coefficient (Wildman–Crippen LogP) is 4.58. The number of nitrogens with zero attached hydrogens (tertiary/aromatic N) is 3. The lowest BCUT2D eigenvalue weighted by molar-refractivity contribution is -0.384. The van der Waals surface area contributed by atoms with Gasteiger partial charge in [-0.2, -0.15) is 5.01 Å². The first-order valence-corrected chi connectivity index (χ1v) is 12.9. The first kappa shape index (κ1) is 23.4. The normalized spacial score (nSPS) is 29.4. The van der Waals surface area contributed by atoms with Crippen molar-refractivity contribution in [1.29, 1.82) is 0 Å². The fraction of sp³-hybridized carbons (Fsp3) is 0.348. The van der Waals surface area contributed by atoms with Crippen molar-refractivity contribution in [3.05, 3.63) is 74.8 Å². The number of amides is 3. The van der Waals surface area contributed by atoms with Crippen molar-refractivity contribution in [1.82, 2.24) is 10.0 Å². The molecule has 0 aromatic heterocycles. The monoisotopic (exact) mass is 609 g/mol. The number of nitro groups is 1. The molecule has 1 saturated heterocycles. The van der Waals surface area contributed by atoms with Gasteiger partial charge in [-0.25, -0.2) is 5.01 Å². The van der Waals surface area contributed by atoms with E-state index in [-0.39, 0.29) is 51.1 Å². The molecule has 3 amide bonds. The number of nitro benzene ring substituents is 1. The summed E-state index contributed by atoms with van der Waals surface area (Å²) in [5.74, 6) is -2.23. The molecule has 0 unspecified atom stereocenters. The highest BCUT2D eigenvalue weighted by Gasteiger charge is 2.67. The second kappa shape index (κ2) is 8.73. The van der Waals surface area contributed by atoms with Gasteiger partial charge in [0, 0.05) is 32.4 Å². The van der Waals surface area contributed by atoms with Crippen molar-refractivity contribution < 1.29 is 19.3 Å². The summed E-state index contributed by atoms with van der Waals surface area (Å²) >= 11 is 13.3. The van der Waals surface area contributed by atoms with E-state index < -0.39 is 22.7 Å². The molecule has 2 aromatic rings. The number of benzene rings is 2. The van der Waals surface area contributed by atoms with Gasteiger partial charge in [-0.05, 0) is 48.1 Å². The third kappa shape index (κ3) is 3.67. The summed E-state index contributed by atoms with van der Waals surface area (Å²) in [5, 5.41) is 13.6. The van der Waals surface area contributed by atoms with Crippen molar-refractivity contribution in [2.45, 2.75) is 22.6 Å². The molecule has 5 rings (SSSR count). The summed E-state index contributed by atoms with van der Waals surface area (Å²) in [4.78, 5) is 51.3. The highest BCUT2D eigenvalue weighted by molar-refractivity contribution is 9.12. The lowest BCUT2D eigenvalue weighted by atomic mass is 9.81. The number of hydrazine groups is 1. The van der Waals surface area contributed by atoms with Gasteiger partial charge in [-0.3, -0.25) is 24.5 Å². The van der Waals surface area contributed by atoms with Gasteiger partial charge in [0.2, 0.25) is 0 Å². The zero-order valence-electron chi connectivity index (χ0n) is 17.5. The summed E-state index contributed by atoms with van der Waals surface area (Å²) in [6.07, 6.45) is 0.778. The van der Waals surface area contributed by atoms with Gasteiger partial charge in [-0.1, -0.05) is 55.6 Å². The molecular weight excluding hydrogens is 594 g/mol. The molecule has 0 N–H and O–H groups in total. The molecule has 2 aromatic carbocycles. The molecule has 6 atom stereocenters. The largest absolute Gasteiger partial charge is 0.273 e. The number of halogens is 3. The Bertz CT molecular complexity index is 1160. The van der Waals surface area contributed by atoms with E-state index in [0.29, 0.717) is 10.6 Å². The quantitative estimate of drug-likeness (QED) is 0.213. The molecule has 1 aliphatic heterocycles. The Morgan fingerprint density at radius 2 is 1.53 bits per heavy atom. The summed E-state index contributed by atoms with van der Waals surface area (Å²) in [7, 11) is 0. The number of carbonyl (C=O) groups is 3. The standard InChI is InChI=1S/C23H18Br2ClN3O5/c24-19-15-9-16(20(19)25)18-17(15)22(31)28(23(18)32)27(21(30)12-3-5-13(26)6-4-12)10-11-1-7-14(8-2-11)29(33)34/h1-8,15-20H,9-10H2/t15-,16-,17-,18+,19-,20+/m1/s1. The van der Waals surface area contributed by atoms with Crippen LogP contribution in [0.1, 0.15) is 22.3 Å². The third-order valence-electron chi connectivity index (χ3n) is 7.01. The minimum Gasteiger partial charge on any atom is -0.272 e. The topological polar surface area (TPSA) is 101 Å². The Morgan fingerprint density at radius 3 is 2.03 bits per heavy atom. The van der Waals surface area contributed by atoms with Crippen LogP contribution in [0.25, 0.3) is 0 Å². The molecule has 2 saturated carbocycles. The minimum atomic E-state index is -0.533. The highest BCUT2D eigenvalue weighted by Crippen LogP contribution is 2.60. The number of rotatable bonds is 5. The minimum absolute atomic E-state index is 0.00711. The number of imide groups is 1. The van der Waals surface area contributed by atoms with E-state index >= 15 is 0 Å². The van der Waals surface area contributed by atoms with Gasteiger partial charge in [0.05, 0.1) is 23.3 Å². The van der Waals surface area contributed by atoms with Crippen LogP contribution in [0.5, 0.6) is 0 Å². The molecule has 11 heteroatoms. The average Bonchev–Trinajstić information content (AvgIpc) is 3.43. The van der Waals surface area contributed by atoms with Crippen molar-refractivity contribution in [3.63, 3.8) is 0 Å². The van der Waals surface area contributed by atoms with Crippen LogP contribution in [-0.2, 0) is 16.1 Å². The lowest BCUT2D eigenvalue weighted by Gasteiger charge is -2.31. The molecule has 0 spiro atoms. The first-order valence-electron chi connectivity index (χ1n) is 10.7. The van der Waals surface area contributed by atoms with E-state index in [1.807, 2.05) is 0 Å². The van der Waals surface area contributed by atoms with Crippen molar-refractivity contribution in [2.24, 2.45) is 23.7 Å². The van der Waals surface area contributed by atoms with E-state index in [1.165, 1.54) is 36.4 Å². The number of hydrogen-bond acceptors (Lipinski definition) is 5. The number of alkyl halides is 2. The SMILES string of the molecule is O=C(c1ccc(Cl)cc1)N(Cc1ccc([N+](=O)[O-])cc1)N1C(=O)[C@@H]2[C@H]3C[C@@H]([C@H](Br)[C@@H]3Br)[C@@H]2C1=O. The van der Waals surface area contributed by atoms with E-state index in [0.717, 1.165) is 16.4 Å². The zero-order valence-corrected chi connectivity index (χ0v) is 21.4. The van der Waals surface area contributed by atoms with E-state index in [9.17, 15) is 24.5 Å². The van der Waals surface area contributed by atoms with Gasteiger partial charge in [0.15, 0.2) is 0 Å². The molecule has 34 heavy (non-hydrogen) atoms. The van der Waals surface area contributed by atoms with Crippen LogP contribution in [0.4, 0.5) is 5.69 Å². The van der Waals surface area contributed by atoms with Gasteiger partial charge in [0.25, 0.3) is 23.4 Å². The van der Waals surface area contributed by atoms with Crippen molar-refractivity contribution in [3.8, 4) is 0 Å². The predicted molar refractivity (Wildman–Crippen MR) is 130 cm³/mol. The lowest BCUT2D eigenvalue weighted by Crippen LogP contribution is -2.50. The maximum atomic E-state index is 13.6.